The van der Waals surface area contributed by atoms with Crippen LogP contribution in [0, 0.1) is 0 Å². The number of tetrazole rings is 1. The Morgan fingerprint density at radius 2 is 1.96 bits per heavy atom. The van der Waals surface area contributed by atoms with E-state index in [9.17, 15) is 9.90 Å². The van der Waals surface area contributed by atoms with Crippen molar-refractivity contribution in [3.63, 3.8) is 0 Å². The number of hydrogen-bond acceptors (Lipinski definition) is 5. The molecule has 0 saturated carbocycles. The van der Waals surface area contributed by atoms with Gasteiger partial charge in [0.15, 0.2) is 0 Å². The summed E-state index contributed by atoms with van der Waals surface area (Å²) < 4.78 is 0. The zero-order valence-corrected chi connectivity index (χ0v) is 12.9. The summed E-state index contributed by atoms with van der Waals surface area (Å²) in [5, 5.41) is 26.0. The number of amides is 1. The van der Waals surface area contributed by atoms with Crippen LogP contribution in [0.15, 0.2) is 48.5 Å². The van der Waals surface area contributed by atoms with Gasteiger partial charge in [-0.1, -0.05) is 30.3 Å². The van der Waals surface area contributed by atoms with Gasteiger partial charge in [-0.25, -0.2) is 0 Å². The number of phenols is 1. The lowest BCUT2D eigenvalue weighted by molar-refractivity contribution is -0.121. The Morgan fingerprint density at radius 1 is 1.12 bits per heavy atom. The lowest BCUT2D eigenvalue weighted by Crippen LogP contribution is -2.23. The molecular weight excluding hydrogens is 306 g/mol. The maximum Gasteiger partial charge on any atom is 0.220 e. The van der Waals surface area contributed by atoms with E-state index in [-0.39, 0.29) is 11.7 Å². The fourth-order valence-corrected chi connectivity index (χ4v) is 2.31. The molecule has 0 aliphatic rings. The molecule has 2 aromatic carbocycles. The molecule has 3 aromatic rings. The van der Waals surface area contributed by atoms with E-state index in [1.54, 1.807) is 12.1 Å². The van der Waals surface area contributed by atoms with E-state index in [2.05, 4.69) is 25.9 Å². The minimum absolute atomic E-state index is 0.0203. The van der Waals surface area contributed by atoms with E-state index in [1.807, 2.05) is 36.4 Å². The third kappa shape index (κ3) is 4.16. The van der Waals surface area contributed by atoms with Gasteiger partial charge in [0.25, 0.3) is 0 Å². The van der Waals surface area contributed by atoms with Gasteiger partial charge in [0.1, 0.15) is 5.75 Å². The van der Waals surface area contributed by atoms with Gasteiger partial charge >= 0.3 is 0 Å². The molecule has 7 heteroatoms. The Bertz CT molecular complexity index is 800. The topological polar surface area (TPSA) is 104 Å². The van der Waals surface area contributed by atoms with Crippen LogP contribution in [0.1, 0.15) is 17.5 Å². The van der Waals surface area contributed by atoms with Gasteiger partial charge in [0.2, 0.25) is 11.7 Å². The zero-order valence-electron chi connectivity index (χ0n) is 12.9. The molecule has 0 saturated heterocycles. The van der Waals surface area contributed by atoms with Crippen LogP contribution >= 0.6 is 0 Å². The van der Waals surface area contributed by atoms with Crippen LogP contribution in [-0.4, -0.2) is 31.6 Å². The Morgan fingerprint density at radius 3 is 2.71 bits per heavy atom. The minimum atomic E-state index is -0.0203. The average molecular weight is 323 g/mol. The van der Waals surface area contributed by atoms with E-state index in [4.69, 9.17) is 0 Å². The smallest absolute Gasteiger partial charge is 0.220 e. The summed E-state index contributed by atoms with van der Waals surface area (Å²) >= 11 is 0. The Kier molecular flexibility index (Phi) is 4.81. The molecule has 24 heavy (non-hydrogen) atoms. The summed E-state index contributed by atoms with van der Waals surface area (Å²) in [7, 11) is 0. The van der Waals surface area contributed by atoms with Crippen molar-refractivity contribution in [2.45, 2.75) is 19.4 Å². The molecule has 0 aliphatic carbocycles. The number of aryl methyl sites for hydroxylation is 1. The first-order chi connectivity index (χ1) is 11.7. The van der Waals surface area contributed by atoms with Crippen LogP contribution in [-0.2, 0) is 17.8 Å². The highest BCUT2D eigenvalue weighted by atomic mass is 16.3. The van der Waals surface area contributed by atoms with Gasteiger partial charge in [-0.05, 0) is 41.0 Å². The van der Waals surface area contributed by atoms with Gasteiger partial charge in [0.05, 0.1) is 0 Å². The third-order valence-electron chi connectivity index (χ3n) is 3.60. The number of benzene rings is 2. The van der Waals surface area contributed by atoms with Gasteiger partial charge < -0.3 is 10.4 Å². The Hall–Kier alpha value is -3.22. The van der Waals surface area contributed by atoms with Crippen molar-refractivity contribution in [2.24, 2.45) is 0 Å². The molecule has 0 spiro atoms. The third-order valence-corrected chi connectivity index (χ3v) is 3.60. The van der Waals surface area contributed by atoms with E-state index in [0.717, 1.165) is 16.7 Å². The Balaban J connectivity index is 1.51. The standard InChI is InChI=1S/C17H17N5O2/c23-15-7-4-12(5-8-15)6-9-16(24)18-11-13-2-1-3-14(10-13)17-19-21-22-20-17/h1-5,7-8,10,23H,6,9,11H2,(H,18,24)(H,19,20,21,22). The van der Waals surface area contributed by atoms with Crippen molar-refractivity contribution in [2.75, 3.05) is 0 Å². The van der Waals surface area contributed by atoms with Gasteiger partial charge in [-0.2, -0.15) is 5.21 Å². The Labute approximate surface area is 138 Å². The van der Waals surface area contributed by atoms with Crippen LogP contribution in [0.5, 0.6) is 5.75 Å². The number of carbonyl (C=O) groups excluding carboxylic acids is 1. The molecule has 0 aliphatic heterocycles. The van der Waals surface area contributed by atoms with Crippen molar-refractivity contribution < 1.29 is 9.90 Å². The first-order valence-electron chi connectivity index (χ1n) is 7.58. The second kappa shape index (κ2) is 7.36. The molecule has 0 fully saturated rings. The second-order valence-electron chi connectivity index (χ2n) is 5.38. The highest BCUT2D eigenvalue weighted by Gasteiger charge is 2.06. The van der Waals surface area contributed by atoms with Gasteiger partial charge in [0, 0.05) is 18.5 Å². The lowest BCUT2D eigenvalue weighted by Gasteiger charge is -2.06. The molecule has 7 nitrogen and oxygen atoms in total. The molecule has 3 rings (SSSR count). The van der Waals surface area contributed by atoms with Crippen LogP contribution < -0.4 is 5.32 Å². The summed E-state index contributed by atoms with van der Waals surface area (Å²) in [6, 6.07) is 14.5. The number of aromatic nitrogens is 4. The number of H-pyrrole nitrogens is 1. The molecule has 1 amide bonds. The molecule has 0 bridgehead atoms. The zero-order chi connectivity index (χ0) is 16.8. The van der Waals surface area contributed by atoms with Crippen molar-refractivity contribution in [1.29, 1.82) is 0 Å². The number of carbonyl (C=O) groups is 1. The van der Waals surface area contributed by atoms with Crippen molar-refractivity contribution >= 4 is 5.91 Å². The number of aromatic hydroxyl groups is 1. The number of nitrogens with one attached hydrogen (secondary N) is 2. The largest absolute Gasteiger partial charge is 0.508 e. The summed E-state index contributed by atoms with van der Waals surface area (Å²) in [6.45, 7) is 0.445. The van der Waals surface area contributed by atoms with Crippen molar-refractivity contribution in [1.82, 2.24) is 25.9 Å². The first kappa shape index (κ1) is 15.7. The first-order valence-corrected chi connectivity index (χ1v) is 7.58. The quantitative estimate of drug-likeness (QED) is 0.642. The summed E-state index contributed by atoms with van der Waals surface area (Å²) in [4.78, 5) is 12.0. The molecule has 3 N–H and O–H groups in total. The van der Waals surface area contributed by atoms with Crippen LogP contribution in [0.4, 0.5) is 0 Å². The maximum absolute atomic E-state index is 12.0. The highest BCUT2D eigenvalue weighted by Crippen LogP contribution is 2.15. The van der Waals surface area contributed by atoms with E-state index < -0.39 is 0 Å². The number of phenolic OH excluding ortho intramolecular Hbond substituents is 1. The van der Waals surface area contributed by atoms with Crippen LogP contribution in [0.25, 0.3) is 11.4 Å². The van der Waals surface area contributed by atoms with E-state index in [1.165, 1.54) is 0 Å². The molecule has 1 aromatic heterocycles. The molecule has 0 radical (unpaired) electrons. The molecule has 1 heterocycles. The number of nitrogens with zero attached hydrogens (tertiary/aromatic N) is 3. The molecular formula is C17H17N5O2. The van der Waals surface area contributed by atoms with E-state index >= 15 is 0 Å². The second-order valence-corrected chi connectivity index (χ2v) is 5.38. The fraction of sp³-hybridized carbons (Fsp3) is 0.176. The molecule has 0 unspecified atom stereocenters. The van der Waals surface area contributed by atoms with Crippen LogP contribution in [0.2, 0.25) is 0 Å². The fourth-order valence-electron chi connectivity index (χ4n) is 2.31. The van der Waals surface area contributed by atoms with Crippen LogP contribution in [0.3, 0.4) is 0 Å². The molecule has 122 valence electrons. The van der Waals surface area contributed by atoms with Gasteiger partial charge in [-0.3, -0.25) is 4.79 Å². The van der Waals surface area contributed by atoms with Gasteiger partial charge in [-0.15, -0.1) is 10.2 Å². The average Bonchev–Trinajstić information content (AvgIpc) is 3.14. The monoisotopic (exact) mass is 323 g/mol. The summed E-state index contributed by atoms with van der Waals surface area (Å²) in [5.74, 6) is 0.730. The summed E-state index contributed by atoms with van der Waals surface area (Å²) in [5.41, 5.74) is 2.83. The number of aromatic amines is 1. The van der Waals surface area contributed by atoms with Crippen molar-refractivity contribution in [3.05, 3.63) is 59.7 Å². The normalized spacial score (nSPS) is 10.5. The number of hydrogen-bond donors (Lipinski definition) is 3. The van der Waals surface area contributed by atoms with Crippen molar-refractivity contribution in [3.8, 4) is 17.1 Å². The highest BCUT2D eigenvalue weighted by molar-refractivity contribution is 5.76. The SMILES string of the molecule is O=C(CCc1ccc(O)cc1)NCc1cccc(-c2nn[nH]n2)c1. The lowest BCUT2D eigenvalue weighted by atomic mass is 10.1. The van der Waals surface area contributed by atoms with E-state index in [0.29, 0.717) is 25.2 Å². The minimum Gasteiger partial charge on any atom is -0.508 e. The summed E-state index contributed by atoms with van der Waals surface area (Å²) in [6.07, 6.45) is 1.03. The molecule has 0 atom stereocenters. The maximum atomic E-state index is 12.0. The predicted octanol–water partition coefficient (Wildman–Crippen LogP) is 1.82. The predicted molar refractivity (Wildman–Crippen MR) is 87.9 cm³/mol. The number of rotatable bonds is 6.